The fourth-order valence-corrected chi connectivity index (χ4v) is 2.48. The van der Waals surface area contributed by atoms with E-state index in [0.29, 0.717) is 6.61 Å². The monoisotopic (exact) mass is 293 g/mol. The van der Waals surface area contributed by atoms with Crippen molar-refractivity contribution in [2.75, 3.05) is 26.3 Å². The third kappa shape index (κ3) is 4.25. The van der Waals surface area contributed by atoms with Gasteiger partial charge >= 0.3 is 0 Å². The molecule has 6 heteroatoms. The van der Waals surface area contributed by atoms with Crippen molar-refractivity contribution in [3.05, 3.63) is 35.4 Å². The smallest absolute Gasteiger partial charge is 0.241 e. The standard InChI is InChI=1S/C15H23N3O3/c1-11(15(20)17-16)13-4-2-12(3-5-13)8-18-6-7-21-14(9-18)10-19/h2-5,11,14,19H,6-10,16H2,1H3,(H,17,20). The van der Waals surface area contributed by atoms with Crippen molar-refractivity contribution in [2.24, 2.45) is 5.84 Å². The van der Waals surface area contributed by atoms with E-state index in [-0.39, 0.29) is 24.5 Å². The van der Waals surface area contributed by atoms with Gasteiger partial charge in [0, 0.05) is 19.6 Å². The molecule has 1 amide bonds. The molecule has 4 N–H and O–H groups in total. The number of hydrogen-bond donors (Lipinski definition) is 3. The summed E-state index contributed by atoms with van der Waals surface area (Å²) in [5.74, 6) is 4.70. The van der Waals surface area contributed by atoms with Crippen LogP contribution in [0.1, 0.15) is 24.0 Å². The predicted octanol–water partition coefficient (Wildman–Crippen LogP) is -0.0269. The van der Waals surface area contributed by atoms with Crippen LogP contribution in [-0.2, 0) is 16.1 Å². The number of ether oxygens (including phenoxy) is 1. The second-order valence-corrected chi connectivity index (χ2v) is 5.38. The van der Waals surface area contributed by atoms with E-state index < -0.39 is 0 Å². The third-order valence-electron chi connectivity index (χ3n) is 3.85. The Morgan fingerprint density at radius 2 is 2.24 bits per heavy atom. The van der Waals surface area contributed by atoms with Gasteiger partial charge in [-0.1, -0.05) is 24.3 Å². The first-order valence-electron chi connectivity index (χ1n) is 7.18. The lowest BCUT2D eigenvalue weighted by Gasteiger charge is -2.32. The Kier molecular flexibility index (Phi) is 5.69. The molecule has 0 aliphatic carbocycles. The van der Waals surface area contributed by atoms with Gasteiger partial charge in [-0.25, -0.2) is 5.84 Å². The molecule has 2 rings (SSSR count). The number of hydrazine groups is 1. The number of nitrogens with two attached hydrogens (primary N) is 1. The third-order valence-corrected chi connectivity index (χ3v) is 3.85. The van der Waals surface area contributed by atoms with Gasteiger partial charge in [0.25, 0.3) is 0 Å². The largest absolute Gasteiger partial charge is 0.394 e. The van der Waals surface area contributed by atoms with E-state index in [1.165, 1.54) is 5.56 Å². The van der Waals surface area contributed by atoms with E-state index in [1.807, 2.05) is 31.2 Å². The number of carbonyl (C=O) groups is 1. The van der Waals surface area contributed by atoms with Crippen LogP contribution in [0.15, 0.2) is 24.3 Å². The Bertz CT molecular complexity index is 464. The first-order valence-corrected chi connectivity index (χ1v) is 7.18. The number of carbonyl (C=O) groups excluding carboxylic acids is 1. The van der Waals surface area contributed by atoms with Crippen molar-refractivity contribution in [1.29, 1.82) is 0 Å². The van der Waals surface area contributed by atoms with Crippen LogP contribution in [0.25, 0.3) is 0 Å². The van der Waals surface area contributed by atoms with E-state index in [1.54, 1.807) is 0 Å². The average Bonchev–Trinajstić information content (AvgIpc) is 2.54. The summed E-state index contributed by atoms with van der Waals surface area (Å²) in [7, 11) is 0. The highest BCUT2D eigenvalue weighted by atomic mass is 16.5. The van der Waals surface area contributed by atoms with Crippen LogP contribution in [-0.4, -0.2) is 48.3 Å². The minimum atomic E-state index is -0.258. The van der Waals surface area contributed by atoms with Gasteiger partial charge in [0.05, 0.1) is 25.2 Å². The molecule has 2 atom stereocenters. The molecular formula is C15H23N3O3. The summed E-state index contributed by atoms with van der Waals surface area (Å²) in [6.07, 6.45) is -0.0914. The molecule has 6 nitrogen and oxygen atoms in total. The van der Waals surface area contributed by atoms with Gasteiger partial charge in [-0.15, -0.1) is 0 Å². The van der Waals surface area contributed by atoms with Gasteiger partial charge in [0.2, 0.25) is 5.91 Å². The lowest BCUT2D eigenvalue weighted by molar-refractivity contribution is -0.122. The number of nitrogens with zero attached hydrogens (tertiary/aromatic N) is 1. The molecule has 0 radical (unpaired) electrons. The van der Waals surface area contributed by atoms with E-state index in [4.69, 9.17) is 15.7 Å². The first-order chi connectivity index (χ1) is 10.1. The van der Waals surface area contributed by atoms with Gasteiger partial charge in [-0.05, 0) is 18.1 Å². The highest BCUT2D eigenvalue weighted by Gasteiger charge is 2.20. The lowest BCUT2D eigenvalue weighted by atomic mass is 9.99. The Labute approximate surface area is 124 Å². The van der Waals surface area contributed by atoms with E-state index in [0.717, 1.165) is 25.2 Å². The highest BCUT2D eigenvalue weighted by molar-refractivity contribution is 5.82. The molecule has 21 heavy (non-hydrogen) atoms. The highest BCUT2D eigenvalue weighted by Crippen LogP contribution is 2.17. The molecule has 1 heterocycles. The zero-order chi connectivity index (χ0) is 15.2. The number of aliphatic hydroxyl groups excluding tert-OH is 1. The second kappa shape index (κ2) is 7.51. The van der Waals surface area contributed by atoms with E-state index in [9.17, 15) is 4.79 Å². The number of benzene rings is 1. The molecule has 1 aromatic rings. The Morgan fingerprint density at radius 3 is 2.86 bits per heavy atom. The predicted molar refractivity (Wildman–Crippen MR) is 79.3 cm³/mol. The molecule has 0 aromatic heterocycles. The molecule has 1 aliphatic rings. The maximum Gasteiger partial charge on any atom is 0.241 e. The normalized spacial score (nSPS) is 21.0. The number of rotatable bonds is 5. The van der Waals surface area contributed by atoms with Gasteiger partial charge in [0.15, 0.2) is 0 Å². The zero-order valence-electron chi connectivity index (χ0n) is 12.3. The SMILES string of the molecule is CC(C(=O)NN)c1ccc(CN2CCOC(CO)C2)cc1. The maximum atomic E-state index is 11.5. The average molecular weight is 293 g/mol. The van der Waals surface area contributed by atoms with Crippen molar-refractivity contribution in [3.63, 3.8) is 0 Å². The number of aliphatic hydroxyl groups is 1. The van der Waals surface area contributed by atoms with Crippen LogP contribution >= 0.6 is 0 Å². The van der Waals surface area contributed by atoms with E-state index in [2.05, 4.69) is 10.3 Å². The molecule has 1 fully saturated rings. The lowest BCUT2D eigenvalue weighted by Crippen LogP contribution is -2.43. The minimum Gasteiger partial charge on any atom is -0.394 e. The van der Waals surface area contributed by atoms with Gasteiger partial charge in [-0.3, -0.25) is 15.1 Å². The van der Waals surface area contributed by atoms with Crippen LogP contribution in [0, 0.1) is 0 Å². The Morgan fingerprint density at radius 1 is 1.52 bits per heavy atom. The summed E-state index contributed by atoms with van der Waals surface area (Å²) < 4.78 is 5.44. The molecule has 2 unspecified atom stereocenters. The zero-order valence-corrected chi connectivity index (χ0v) is 12.3. The van der Waals surface area contributed by atoms with Crippen LogP contribution < -0.4 is 11.3 Å². The molecule has 0 spiro atoms. The maximum absolute atomic E-state index is 11.5. The number of morpholine rings is 1. The molecule has 0 bridgehead atoms. The first kappa shape index (κ1) is 15.9. The summed E-state index contributed by atoms with van der Waals surface area (Å²) in [6, 6.07) is 7.97. The van der Waals surface area contributed by atoms with Gasteiger partial charge in [-0.2, -0.15) is 0 Å². The Balaban J connectivity index is 1.94. The van der Waals surface area contributed by atoms with Crippen LogP contribution in [0.3, 0.4) is 0 Å². The number of amides is 1. The minimum absolute atomic E-state index is 0.0567. The molecule has 0 saturated carbocycles. The van der Waals surface area contributed by atoms with Crippen molar-refractivity contribution in [3.8, 4) is 0 Å². The molecule has 116 valence electrons. The fraction of sp³-hybridized carbons (Fsp3) is 0.533. The van der Waals surface area contributed by atoms with Crippen molar-refractivity contribution >= 4 is 5.91 Å². The molecule has 1 aliphatic heterocycles. The molecular weight excluding hydrogens is 270 g/mol. The second-order valence-electron chi connectivity index (χ2n) is 5.38. The van der Waals surface area contributed by atoms with Crippen molar-refractivity contribution in [2.45, 2.75) is 25.5 Å². The summed E-state index contributed by atoms with van der Waals surface area (Å²) in [6.45, 7) is 4.95. The summed E-state index contributed by atoms with van der Waals surface area (Å²) in [4.78, 5) is 13.8. The number of hydrogen-bond acceptors (Lipinski definition) is 5. The number of nitrogens with one attached hydrogen (secondary N) is 1. The summed E-state index contributed by atoms with van der Waals surface area (Å²) >= 11 is 0. The van der Waals surface area contributed by atoms with E-state index >= 15 is 0 Å². The van der Waals surface area contributed by atoms with Crippen LogP contribution in [0.2, 0.25) is 0 Å². The van der Waals surface area contributed by atoms with Crippen molar-refractivity contribution < 1.29 is 14.6 Å². The molecule has 1 aromatic carbocycles. The Hall–Kier alpha value is -1.47. The quantitative estimate of drug-likeness (QED) is 0.403. The van der Waals surface area contributed by atoms with Crippen LogP contribution in [0.4, 0.5) is 0 Å². The fourth-order valence-electron chi connectivity index (χ4n) is 2.48. The topological polar surface area (TPSA) is 87.8 Å². The van der Waals surface area contributed by atoms with Gasteiger partial charge < -0.3 is 9.84 Å². The summed E-state index contributed by atoms with van der Waals surface area (Å²) in [5, 5.41) is 9.15. The summed E-state index contributed by atoms with van der Waals surface area (Å²) in [5.41, 5.74) is 4.29. The molecule has 1 saturated heterocycles. The van der Waals surface area contributed by atoms with Crippen molar-refractivity contribution in [1.82, 2.24) is 10.3 Å². The van der Waals surface area contributed by atoms with Gasteiger partial charge in [0.1, 0.15) is 0 Å². The van der Waals surface area contributed by atoms with Crippen LogP contribution in [0.5, 0.6) is 0 Å².